The standard InChI is InChI=1S/C12H24N2/c1-7-9-10-11(13-4)12(3,8-2)14(5)6/h11,13H,8,10H2,1-6H3. The van der Waals surface area contributed by atoms with Gasteiger partial charge in [0.15, 0.2) is 0 Å². The highest BCUT2D eigenvalue weighted by Gasteiger charge is 2.32. The van der Waals surface area contributed by atoms with Gasteiger partial charge < -0.3 is 10.2 Å². The van der Waals surface area contributed by atoms with Crippen LogP contribution in [-0.4, -0.2) is 37.6 Å². The average molecular weight is 196 g/mol. The lowest BCUT2D eigenvalue weighted by atomic mass is 9.86. The molecule has 0 aliphatic rings. The van der Waals surface area contributed by atoms with Crippen molar-refractivity contribution in [2.75, 3.05) is 21.1 Å². The minimum Gasteiger partial charge on any atom is -0.314 e. The van der Waals surface area contributed by atoms with Gasteiger partial charge in [0.05, 0.1) is 0 Å². The maximum Gasteiger partial charge on any atom is 0.0356 e. The maximum absolute atomic E-state index is 3.37. The molecule has 0 fully saturated rings. The van der Waals surface area contributed by atoms with Crippen LogP contribution >= 0.6 is 0 Å². The van der Waals surface area contributed by atoms with E-state index in [9.17, 15) is 0 Å². The van der Waals surface area contributed by atoms with Crippen molar-refractivity contribution < 1.29 is 0 Å². The molecule has 0 aromatic rings. The zero-order chi connectivity index (χ0) is 11.2. The molecule has 0 rings (SSSR count). The van der Waals surface area contributed by atoms with Crippen molar-refractivity contribution in [3.8, 4) is 11.8 Å². The van der Waals surface area contributed by atoms with Crippen molar-refractivity contribution in [3.05, 3.63) is 0 Å². The van der Waals surface area contributed by atoms with Gasteiger partial charge in [-0.25, -0.2) is 0 Å². The molecule has 1 N–H and O–H groups in total. The topological polar surface area (TPSA) is 15.3 Å². The lowest BCUT2D eigenvalue weighted by Gasteiger charge is -2.42. The number of hydrogen-bond acceptors (Lipinski definition) is 2. The van der Waals surface area contributed by atoms with Gasteiger partial charge >= 0.3 is 0 Å². The van der Waals surface area contributed by atoms with Crippen LogP contribution in [0.5, 0.6) is 0 Å². The Hall–Kier alpha value is -0.520. The van der Waals surface area contributed by atoms with Gasteiger partial charge in [-0.2, -0.15) is 0 Å². The van der Waals surface area contributed by atoms with Gasteiger partial charge in [0.2, 0.25) is 0 Å². The third kappa shape index (κ3) is 3.01. The molecule has 0 saturated carbocycles. The first-order valence-corrected chi connectivity index (χ1v) is 5.27. The molecule has 14 heavy (non-hydrogen) atoms. The van der Waals surface area contributed by atoms with Gasteiger partial charge in [-0.05, 0) is 41.4 Å². The molecule has 2 heteroatoms. The van der Waals surface area contributed by atoms with Crippen LogP contribution in [0.3, 0.4) is 0 Å². The fraction of sp³-hybridized carbons (Fsp3) is 0.833. The van der Waals surface area contributed by atoms with Crippen LogP contribution in [0, 0.1) is 11.8 Å². The second-order valence-corrected chi connectivity index (χ2v) is 4.08. The number of nitrogens with zero attached hydrogens (tertiary/aromatic N) is 1. The minimum absolute atomic E-state index is 0.179. The highest BCUT2D eigenvalue weighted by Crippen LogP contribution is 2.22. The molecule has 0 radical (unpaired) electrons. The van der Waals surface area contributed by atoms with Crippen molar-refractivity contribution in [2.45, 2.75) is 45.2 Å². The summed E-state index contributed by atoms with van der Waals surface area (Å²) in [4.78, 5) is 2.28. The molecule has 2 unspecified atom stereocenters. The number of hydrogen-bond donors (Lipinski definition) is 1. The highest BCUT2D eigenvalue weighted by molar-refractivity contribution is 5.04. The van der Waals surface area contributed by atoms with Crippen LogP contribution in [0.15, 0.2) is 0 Å². The summed E-state index contributed by atoms with van der Waals surface area (Å²) in [6, 6.07) is 0.426. The maximum atomic E-state index is 3.37. The van der Waals surface area contributed by atoms with E-state index in [1.54, 1.807) is 0 Å². The summed E-state index contributed by atoms with van der Waals surface area (Å²) >= 11 is 0. The van der Waals surface area contributed by atoms with E-state index in [1.807, 2.05) is 14.0 Å². The summed E-state index contributed by atoms with van der Waals surface area (Å²) in [6.45, 7) is 6.40. The van der Waals surface area contributed by atoms with Crippen molar-refractivity contribution in [3.63, 3.8) is 0 Å². The summed E-state index contributed by atoms with van der Waals surface area (Å²) in [7, 11) is 6.28. The van der Waals surface area contributed by atoms with Crippen LogP contribution in [0.1, 0.15) is 33.6 Å². The normalized spacial score (nSPS) is 17.1. The third-order valence-electron chi connectivity index (χ3n) is 3.32. The second kappa shape index (κ2) is 6.06. The van der Waals surface area contributed by atoms with Crippen molar-refractivity contribution in [1.82, 2.24) is 10.2 Å². The molecule has 0 heterocycles. The second-order valence-electron chi connectivity index (χ2n) is 4.08. The van der Waals surface area contributed by atoms with E-state index in [0.29, 0.717) is 6.04 Å². The summed E-state index contributed by atoms with van der Waals surface area (Å²) in [6.07, 6.45) is 2.03. The van der Waals surface area contributed by atoms with Crippen LogP contribution in [0.2, 0.25) is 0 Å². The zero-order valence-corrected chi connectivity index (χ0v) is 10.4. The molecular weight excluding hydrogens is 172 g/mol. The highest BCUT2D eigenvalue weighted by atomic mass is 15.2. The Morgan fingerprint density at radius 2 is 2.00 bits per heavy atom. The smallest absolute Gasteiger partial charge is 0.0356 e. The summed E-state index contributed by atoms with van der Waals surface area (Å²) in [5, 5.41) is 3.37. The largest absolute Gasteiger partial charge is 0.314 e. The van der Waals surface area contributed by atoms with E-state index in [-0.39, 0.29) is 5.54 Å². The van der Waals surface area contributed by atoms with Crippen LogP contribution in [0.25, 0.3) is 0 Å². The van der Waals surface area contributed by atoms with Gasteiger partial charge in [0, 0.05) is 18.0 Å². The molecule has 0 aromatic heterocycles. The Morgan fingerprint density at radius 3 is 2.29 bits per heavy atom. The molecule has 0 spiro atoms. The monoisotopic (exact) mass is 196 g/mol. The lowest BCUT2D eigenvalue weighted by molar-refractivity contribution is 0.119. The fourth-order valence-electron chi connectivity index (χ4n) is 1.71. The molecule has 0 bridgehead atoms. The molecule has 0 aromatic carbocycles. The van der Waals surface area contributed by atoms with Crippen LogP contribution in [-0.2, 0) is 0 Å². The van der Waals surface area contributed by atoms with E-state index in [2.05, 4.69) is 50.0 Å². The fourth-order valence-corrected chi connectivity index (χ4v) is 1.71. The van der Waals surface area contributed by atoms with E-state index >= 15 is 0 Å². The molecule has 0 amide bonds. The summed E-state index contributed by atoms with van der Waals surface area (Å²) in [5.41, 5.74) is 0.179. The quantitative estimate of drug-likeness (QED) is 0.674. The van der Waals surface area contributed by atoms with Gasteiger partial charge in [0.1, 0.15) is 0 Å². The molecule has 0 saturated heterocycles. The van der Waals surface area contributed by atoms with Crippen molar-refractivity contribution in [1.29, 1.82) is 0 Å². The van der Waals surface area contributed by atoms with E-state index in [0.717, 1.165) is 12.8 Å². The van der Waals surface area contributed by atoms with Gasteiger partial charge in [-0.3, -0.25) is 0 Å². The van der Waals surface area contributed by atoms with Crippen LogP contribution in [0.4, 0.5) is 0 Å². The number of rotatable bonds is 5. The molecule has 0 aliphatic heterocycles. The van der Waals surface area contributed by atoms with Crippen molar-refractivity contribution >= 4 is 0 Å². The van der Waals surface area contributed by atoms with Gasteiger partial charge in [-0.1, -0.05) is 6.92 Å². The Kier molecular flexibility index (Phi) is 5.83. The average Bonchev–Trinajstić information content (AvgIpc) is 2.18. The number of nitrogens with one attached hydrogen (secondary N) is 1. The summed E-state index contributed by atoms with van der Waals surface area (Å²) in [5.74, 6) is 6.11. The Labute approximate surface area is 89.1 Å². The third-order valence-corrected chi connectivity index (χ3v) is 3.32. The first kappa shape index (κ1) is 13.5. The first-order chi connectivity index (χ1) is 6.52. The lowest BCUT2D eigenvalue weighted by Crippen LogP contribution is -2.55. The predicted octanol–water partition coefficient (Wildman–Crippen LogP) is 1.72. The van der Waals surface area contributed by atoms with E-state index in [4.69, 9.17) is 0 Å². The molecule has 2 atom stereocenters. The first-order valence-electron chi connectivity index (χ1n) is 5.27. The molecule has 82 valence electrons. The van der Waals surface area contributed by atoms with E-state index < -0.39 is 0 Å². The molecular formula is C12H24N2. The van der Waals surface area contributed by atoms with Crippen molar-refractivity contribution in [2.24, 2.45) is 0 Å². The van der Waals surface area contributed by atoms with Crippen LogP contribution < -0.4 is 5.32 Å². The summed E-state index contributed by atoms with van der Waals surface area (Å²) < 4.78 is 0. The molecule has 2 nitrogen and oxygen atoms in total. The zero-order valence-electron chi connectivity index (χ0n) is 10.4. The molecule has 0 aliphatic carbocycles. The predicted molar refractivity (Wildman–Crippen MR) is 63.3 cm³/mol. The number of likely N-dealkylation sites (N-methyl/N-ethyl adjacent to an activating group) is 2. The Balaban J connectivity index is 4.64. The van der Waals surface area contributed by atoms with Gasteiger partial charge in [-0.15, -0.1) is 11.8 Å². The minimum atomic E-state index is 0.179. The van der Waals surface area contributed by atoms with Gasteiger partial charge in [0.25, 0.3) is 0 Å². The SMILES string of the molecule is CC#CCC(NC)C(C)(CC)N(C)C. The Morgan fingerprint density at radius 1 is 1.43 bits per heavy atom. The Bertz CT molecular complexity index is 212. The van der Waals surface area contributed by atoms with E-state index in [1.165, 1.54) is 0 Å².